The Morgan fingerprint density at radius 3 is 2.50 bits per heavy atom. The van der Waals surface area contributed by atoms with Crippen molar-refractivity contribution in [2.45, 2.75) is 56.5 Å². The van der Waals surface area contributed by atoms with Crippen LogP contribution in [0.3, 0.4) is 0 Å². The minimum absolute atomic E-state index is 0.0276. The molecule has 1 aliphatic carbocycles. The second-order valence-electron chi connectivity index (χ2n) is 5.38. The van der Waals surface area contributed by atoms with E-state index in [0.717, 1.165) is 25.5 Å². The molecule has 0 bridgehead atoms. The third-order valence-corrected chi connectivity index (χ3v) is 3.65. The molecule has 0 spiro atoms. The summed E-state index contributed by atoms with van der Waals surface area (Å²) in [6, 6.07) is -0.529. The van der Waals surface area contributed by atoms with E-state index in [4.69, 9.17) is 17.2 Å². The standard InChI is InChI=1S/C13H25N5O2/c14-12(15)17-8-4-5-10(9-19)18-11(20)13(16)6-2-1-3-7-13/h9-10H,1-8,16H2,(H,18,20)(H4,14,15,17)/t10-/m0/s1. The van der Waals surface area contributed by atoms with Crippen LogP contribution < -0.4 is 22.5 Å². The molecule has 0 unspecified atom stereocenters. The fourth-order valence-corrected chi connectivity index (χ4v) is 2.42. The Bertz CT molecular complexity index is 360. The number of carbonyl (C=O) groups excluding carboxylic acids is 2. The van der Waals surface area contributed by atoms with Crippen molar-refractivity contribution in [3.8, 4) is 0 Å². The van der Waals surface area contributed by atoms with Crippen LogP contribution in [0.4, 0.5) is 0 Å². The molecule has 0 aromatic rings. The van der Waals surface area contributed by atoms with Gasteiger partial charge in [0.15, 0.2) is 5.96 Å². The Kier molecular flexibility index (Phi) is 6.44. The van der Waals surface area contributed by atoms with Crippen LogP contribution in [-0.2, 0) is 9.59 Å². The van der Waals surface area contributed by atoms with Gasteiger partial charge < -0.3 is 27.3 Å². The first kappa shape index (κ1) is 16.4. The molecular formula is C13H25N5O2. The number of aldehydes is 1. The van der Waals surface area contributed by atoms with E-state index in [1.54, 1.807) is 0 Å². The molecule has 0 radical (unpaired) electrons. The zero-order chi connectivity index (χ0) is 15.0. The fraction of sp³-hybridized carbons (Fsp3) is 0.769. The van der Waals surface area contributed by atoms with Crippen molar-refractivity contribution >= 4 is 18.2 Å². The summed E-state index contributed by atoms with van der Waals surface area (Å²) in [5.41, 5.74) is 15.7. The first-order valence-corrected chi connectivity index (χ1v) is 7.08. The van der Waals surface area contributed by atoms with Crippen LogP contribution in [0.5, 0.6) is 0 Å². The highest BCUT2D eigenvalue weighted by molar-refractivity contribution is 5.88. The lowest BCUT2D eigenvalue weighted by Crippen LogP contribution is -2.57. The van der Waals surface area contributed by atoms with Crippen molar-refractivity contribution in [1.82, 2.24) is 5.32 Å². The van der Waals surface area contributed by atoms with Crippen LogP contribution in [0.1, 0.15) is 44.9 Å². The van der Waals surface area contributed by atoms with E-state index in [9.17, 15) is 9.59 Å². The predicted octanol–water partition coefficient (Wildman–Crippen LogP) is -0.615. The van der Waals surface area contributed by atoms with E-state index in [1.807, 2.05) is 0 Å². The maximum atomic E-state index is 12.2. The molecule has 1 fully saturated rings. The molecule has 1 rings (SSSR count). The lowest BCUT2D eigenvalue weighted by atomic mass is 9.81. The van der Waals surface area contributed by atoms with Crippen molar-refractivity contribution in [2.75, 3.05) is 6.54 Å². The minimum atomic E-state index is -0.820. The fourth-order valence-electron chi connectivity index (χ4n) is 2.42. The molecule has 0 heterocycles. The average Bonchev–Trinajstić information content (AvgIpc) is 2.42. The van der Waals surface area contributed by atoms with Crippen LogP contribution >= 0.6 is 0 Å². The number of rotatable bonds is 7. The van der Waals surface area contributed by atoms with Gasteiger partial charge in [-0.25, -0.2) is 0 Å². The lowest BCUT2D eigenvalue weighted by Gasteiger charge is -2.32. The van der Waals surface area contributed by atoms with Crippen molar-refractivity contribution in [3.05, 3.63) is 0 Å². The van der Waals surface area contributed by atoms with Crippen molar-refractivity contribution in [2.24, 2.45) is 22.2 Å². The second-order valence-corrected chi connectivity index (χ2v) is 5.38. The number of guanidine groups is 1. The smallest absolute Gasteiger partial charge is 0.240 e. The molecule has 1 aliphatic rings. The third-order valence-electron chi connectivity index (χ3n) is 3.65. The van der Waals surface area contributed by atoms with Gasteiger partial charge in [-0.15, -0.1) is 0 Å². The highest BCUT2D eigenvalue weighted by Crippen LogP contribution is 2.26. The lowest BCUT2D eigenvalue weighted by molar-refractivity contribution is -0.129. The van der Waals surface area contributed by atoms with Gasteiger partial charge in [0.05, 0.1) is 11.6 Å². The number of amides is 1. The SMILES string of the molecule is NC(N)=NCCC[C@@H](C=O)NC(=O)C1(N)CCCCC1. The van der Waals surface area contributed by atoms with Crippen LogP contribution in [-0.4, -0.2) is 36.3 Å². The van der Waals surface area contributed by atoms with Crippen molar-refractivity contribution < 1.29 is 9.59 Å². The molecule has 114 valence electrons. The number of hydrogen-bond acceptors (Lipinski definition) is 4. The van der Waals surface area contributed by atoms with Gasteiger partial charge in [0.1, 0.15) is 6.29 Å². The molecule has 1 amide bonds. The Balaban J connectivity index is 2.40. The van der Waals surface area contributed by atoms with Gasteiger partial charge in [-0.1, -0.05) is 19.3 Å². The number of carbonyl (C=O) groups is 2. The average molecular weight is 283 g/mol. The van der Waals surface area contributed by atoms with Crippen LogP contribution in [0.25, 0.3) is 0 Å². The summed E-state index contributed by atoms with van der Waals surface area (Å²) in [5, 5.41) is 2.72. The van der Waals surface area contributed by atoms with E-state index in [0.29, 0.717) is 32.2 Å². The number of nitrogens with zero attached hydrogens (tertiary/aromatic N) is 1. The minimum Gasteiger partial charge on any atom is -0.370 e. The normalized spacial score (nSPS) is 18.9. The van der Waals surface area contributed by atoms with E-state index >= 15 is 0 Å². The molecular weight excluding hydrogens is 258 g/mol. The highest BCUT2D eigenvalue weighted by atomic mass is 16.2. The van der Waals surface area contributed by atoms with Crippen LogP contribution in [0.2, 0.25) is 0 Å². The number of hydrogen-bond donors (Lipinski definition) is 4. The van der Waals surface area contributed by atoms with Gasteiger partial charge in [0.2, 0.25) is 5.91 Å². The summed E-state index contributed by atoms with van der Waals surface area (Å²) in [6.07, 6.45) is 6.25. The maximum Gasteiger partial charge on any atom is 0.240 e. The van der Waals surface area contributed by atoms with E-state index < -0.39 is 11.6 Å². The first-order chi connectivity index (χ1) is 9.48. The highest BCUT2D eigenvalue weighted by Gasteiger charge is 2.35. The van der Waals surface area contributed by atoms with E-state index in [2.05, 4.69) is 10.3 Å². The van der Waals surface area contributed by atoms with Gasteiger partial charge >= 0.3 is 0 Å². The first-order valence-electron chi connectivity index (χ1n) is 7.08. The zero-order valence-corrected chi connectivity index (χ0v) is 11.8. The molecule has 0 saturated heterocycles. The molecule has 7 heteroatoms. The quantitative estimate of drug-likeness (QED) is 0.214. The summed E-state index contributed by atoms with van der Waals surface area (Å²) in [7, 11) is 0. The molecule has 0 aromatic carbocycles. The van der Waals surface area contributed by atoms with Crippen LogP contribution in [0, 0.1) is 0 Å². The number of aliphatic imine (C=N–C) groups is 1. The largest absolute Gasteiger partial charge is 0.370 e. The molecule has 1 atom stereocenters. The Morgan fingerprint density at radius 2 is 1.95 bits per heavy atom. The molecule has 20 heavy (non-hydrogen) atoms. The van der Waals surface area contributed by atoms with Crippen molar-refractivity contribution in [1.29, 1.82) is 0 Å². The summed E-state index contributed by atoms with van der Waals surface area (Å²) >= 11 is 0. The molecule has 7 N–H and O–H groups in total. The summed E-state index contributed by atoms with van der Waals surface area (Å²) in [6.45, 7) is 0.441. The van der Waals surface area contributed by atoms with Crippen LogP contribution in [0.15, 0.2) is 4.99 Å². The zero-order valence-electron chi connectivity index (χ0n) is 11.8. The number of nitrogens with two attached hydrogens (primary N) is 3. The topological polar surface area (TPSA) is 137 Å². The number of nitrogens with one attached hydrogen (secondary N) is 1. The molecule has 1 saturated carbocycles. The second kappa shape index (κ2) is 7.84. The monoisotopic (exact) mass is 283 g/mol. The Labute approximate surface area is 119 Å². The molecule has 7 nitrogen and oxygen atoms in total. The maximum absolute atomic E-state index is 12.2. The summed E-state index contributed by atoms with van der Waals surface area (Å²) in [4.78, 5) is 27.0. The van der Waals surface area contributed by atoms with E-state index in [-0.39, 0.29) is 11.9 Å². The third kappa shape index (κ3) is 5.16. The van der Waals surface area contributed by atoms with Crippen molar-refractivity contribution in [3.63, 3.8) is 0 Å². The Morgan fingerprint density at radius 1 is 1.30 bits per heavy atom. The van der Waals surface area contributed by atoms with Gasteiger partial charge in [-0.3, -0.25) is 9.79 Å². The molecule has 0 aliphatic heterocycles. The van der Waals surface area contributed by atoms with Gasteiger partial charge in [0, 0.05) is 6.54 Å². The van der Waals surface area contributed by atoms with Gasteiger partial charge in [0.25, 0.3) is 0 Å². The summed E-state index contributed by atoms with van der Waals surface area (Å²) < 4.78 is 0. The predicted molar refractivity (Wildman–Crippen MR) is 77.9 cm³/mol. The van der Waals surface area contributed by atoms with E-state index in [1.165, 1.54) is 0 Å². The van der Waals surface area contributed by atoms with Gasteiger partial charge in [-0.2, -0.15) is 0 Å². The Hall–Kier alpha value is -1.63. The summed E-state index contributed by atoms with van der Waals surface area (Å²) in [5.74, 6) is -0.198. The molecule has 0 aromatic heterocycles. The van der Waals surface area contributed by atoms with Gasteiger partial charge in [-0.05, 0) is 25.7 Å².